The lowest BCUT2D eigenvalue weighted by molar-refractivity contribution is 0.102. The van der Waals surface area contributed by atoms with Crippen LogP contribution in [0.25, 0.3) is 0 Å². The number of ether oxygens (including phenoxy) is 1. The highest BCUT2D eigenvalue weighted by Crippen LogP contribution is 2.22. The second-order valence-electron chi connectivity index (χ2n) is 4.36. The molecule has 0 fully saturated rings. The van der Waals surface area contributed by atoms with Crippen LogP contribution in [-0.4, -0.2) is 17.6 Å². The van der Waals surface area contributed by atoms with Gasteiger partial charge in [-0.2, -0.15) is 0 Å². The van der Waals surface area contributed by atoms with Crippen LogP contribution in [0.3, 0.4) is 0 Å². The number of hydrogen-bond acceptors (Lipinski definition) is 3. The molecule has 0 aliphatic carbocycles. The van der Waals surface area contributed by atoms with E-state index in [1.54, 1.807) is 37.3 Å². The molecule has 2 aromatic rings. The minimum absolute atomic E-state index is 0.112. The first kappa shape index (κ1) is 13.9. The summed E-state index contributed by atoms with van der Waals surface area (Å²) in [4.78, 5) is 12.2. The molecule has 0 aliphatic heterocycles. The molecule has 0 saturated heterocycles. The fraction of sp³-hybridized carbons (Fsp3) is 0.188. The van der Waals surface area contributed by atoms with E-state index in [-0.39, 0.29) is 11.7 Å². The summed E-state index contributed by atoms with van der Waals surface area (Å²) >= 11 is 0. The van der Waals surface area contributed by atoms with Gasteiger partial charge >= 0.3 is 0 Å². The van der Waals surface area contributed by atoms with Crippen molar-refractivity contribution in [3.63, 3.8) is 0 Å². The van der Waals surface area contributed by atoms with Gasteiger partial charge < -0.3 is 15.2 Å². The number of phenols is 1. The third-order valence-corrected chi connectivity index (χ3v) is 2.95. The van der Waals surface area contributed by atoms with E-state index < -0.39 is 0 Å². The molecule has 0 aliphatic rings. The Hall–Kier alpha value is -2.49. The van der Waals surface area contributed by atoms with Crippen LogP contribution in [0.15, 0.2) is 42.5 Å². The van der Waals surface area contributed by atoms with E-state index in [0.717, 1.165) is 0 Å². The maximum Gasteiger partial charge on any atom is 0.256 e. The summed E-state index contributed by atoms with van der Waals surface area (Å²) in [5.41, 5.74) is 1.67. The maximum atomic E-state index is 12.2. The Morgan fingerprint density at radius 1 is 1.25 bits per heavy atom. The van der Waals surface area contributed by atoms with Gasteiger partial charge in [-0.05, 0) is 38.1 Å². The Kier molecular flexibility index (Phi) is 4.25. The van der Waals surface area contributed by atoms with Crippen molar-refractivity contribution in [1.29, 1.82) is 0 Å². The summed E-state index contributed by atoms with van der Waals surface area (Å²) in [5, 5.41) is 12.4. The largest absolute Gasteiger partial charge is 0.508 e. The van der Waals surface area contributed by atoms with Crippen LogP contribution in [-0.2, 0) is 0 Å². The van der Waals surface area contributed by atoms with Crippen molar-refractivity contribution in [2.45, 2.75) is 13.8 Å². The Bertz CT molecular complexity index is 623. The zero-order valence-electron chi connectivity index (χ0n) is 11.5. The van der Waals surface area contributed by atoms with E-state index in [2.05, 4.69) is 5.32 Å². The van der Waals surface area contributed by atoms with E-state index in [4.69, 9.17) is 4.74 Å². The number of hydrogen-bond donors (Lipinski definition) is 2. The molecular formula is C16H17NO3. The lowest BCUT2D eigenvalue weighted by Crippen LogP contribution is -2.13. The zero-order valence-corrected chi connectivity index (χ0v) is 11.5. The average molecular weight is 271 g/mol. The summed E-state index contributed by atoms with van der Waals surface area (Å²) in [6, 6.07) is 12.1. The van der Waals surface area contributed by atoms with E-state index in [1.807, 2.05) is 19.1 Å². The van der Waals surface area contributed by atoms with Gasteiger partial charge in [0, 0.05) is 22.9 Å². The van der Waals surface area contributed by atoms with Crippen molar-refractivity contribution in [2.24, 2.45) is 0 Å². The van der Waals surface area contributed by atoms with Crippen molar-refractivity contribution in [1.82, 2.24) is 0 Å². The highest BCUT2D eigenvalue weighted by Gasteiger charge is 2.11. The fourth-order valence-electron chi connectivity index (χ4n) is 1.90. The minimum Gasteiger partial charge on any atom is -0.508 e. The second kappa shape index (κ2) is 6.10. The molecule has 0 spiro atoms. The van der Waals surface area contributed by atoms with Gasteiger partial charge in [-0.3, -0.25) is 4.79 Å². The molecule has 2 rings (SSSR count). The monoisotopic (exact) mass is 271 g/mol. The van der Waals surface area contributed by atoms with Gasteiger partial charge in [-0.15, -0.1) is 0 Å². The van der Waals surface area contributed by atoms with Crippen molar-refractivity contribution >= 4 is 11.6 Å². The van der Waals surface area contributed by atoms with Crippen LogP contribution in [0.4, 0.5) is 5.69 Å². The predicted molar refractivity (Wildman–Crippen MR) is 78.4 cm³/mol. The summed E-state index contributed by atoms with van der Waals surface area (Å²) < 4.78 is 5.39. The summed E-state index contributed by atoms with van der Waals surface area (Å²) in [6.45, 7) is 4.19. The lowest BCUT2D eigenvalue weighted by Gasteiger charge is -2.10. The first-order chi connectivity index (χ1) is 9.61. The molecule has 0 bridgehead atoms. The van der Waals surface area contributed by atoms with Crippen molar-refractivity contribution in [3.8, 4) is 11.5 Å². The van der Waals surface area contributed by atoms with Gasteiger partial charge in [0.1, 0.15) is 11.5 Å². The van der Waals surface area contributed by atoms with E-state index in [1.165, 1.54) is 0 Å². The maximum absolute atomic E-state index is 12.2. The normalized spacial score (nSPS) is 10.1. The van der Waals surface area contributed by atoms with Crippen molar-refractivity contribution in [2.75, 3.05) is 11.9 Å². The first-order valence-corrected chi connectivity index (χ1v) is 6.44. The predicted octanol–water partition coefficient (Wildman–Crippen LogP) is 3.35. The molecule has 0 heterocycles. The van der Waals surface area contributed by atoms with Gasteiger partial charge in [0.05, 0.1) is 6.61 Å². The third-order valence-electron chi connectivity index (χ3n) is 2.95. The van der Waals surface area contributed by atoms with Crippen LogP contribution >= 0.6 is 0 Å². The number of anilines is 1. The van der Waals surface area contributed by atoms with Gasteiger partial charge in [-0.1, -0.05) is 12.1 Å². The number of benzene rings is 2. The van der Waals surface area contributed by atoms with E-state index in [0.29, 0.717) is 29.2 Å². The molecular weight excluding hydrogens is 254 g/mol. The first-order valence-electron chi connectivity index (χ1n) is 6.44. The smallest absolute Gasteiger partial charge is 0.256 e. The number of amides is 1. The number of aromatic hydroxyl groups is 1. The van der Waals surface area contributed by atoms with Crippen LogP contribution in [0.2, 0.25) is 0 Å². The van der Waals surface area contributed by atoms with E-state index >= 15 is 0 Å². The SMILES string of the molecule is CCOc1cccc(NC(=O)c2cccc(O)c2C)c1. The van der Waals surface area contributed by atoms with E-state index in [9.17, 15) is 9.90 Å². The molecule has 0 aromatic heterocycles. The summed E-state index contributed by atoms with van der Waals surface area (Å²) in [7, 11) is 0. The van der Waals surface area contributed by atoms with Crippen LogP contribution in [0, 0.1) is 6.92 Å². The molecule has 2 N–H and O–H groups in total. The van der Waals surface area contributed by atoms with Gasteiger partial charge in [-0.25, -0.2) is 0 Å². The van der Waals surface area contributed by atoms with Crippen LogP contribution < -0.4 is 10.1 Å². The molecule has 2 aromatic carbocycles. The Labute approximate surface area is 118 Å². The Morgan fingerprint density at radius 2 is 2.00 bits per heavy atom. The molecule has 4 heteroatoms. The van der Waals surface area contributed by atoms with Crippen molar-refractivity contribution < 1.29 is 14.6 Å². The molecule has 0 unspecified atom stereocenters. The highest BCUT2D eigenvalue weighted by molar-refractivity contribution is 6.05. The number of phenolic OH excluding ortho intramolecular Hbond substituents is 1. The van der Waals surface area contributed by atoms with Gasteiger partial charge in [0.25, 0.3) is 5.91 Å². The standard InChI is InChI=1S/C16H17NO3/c1-3-20-13-7-4-6-12(10-13)17-16(19)14-8-5-9-15(18)11(14)2/h4-10,18H,3H2,1-2H3,(H,17,19). The topological polar surface area (TPSA) is 58.6 Å². The molecule has 0 atom stereocenters. The number of rotatable bonds is 4. The molecule has 104 valence electrons. The molecule has 0 saturated carbocycles. The Balaban J connectivity index is 2.19. The molecule has 0 radical (unpaired) electrons. The Morgan fingerprint density at radius 3 is 2.75 bits per heavy atom. The fourth-order valence-corrected chi connectivity index (χ4v) is 1.90. The summed E-state index contributed by atoms with van der Waals surface area (Å²) in [5.74, 6) is 0.561. The molecule has 1 amide bonds. The van der Waals surface area contributed by atoms with Crippen LogP contribution in [0.5, 0.6) is 11.5 Å². The number of carbonyl (C=O) groups excluding carboxylic acids is 1. The molecule has 20 heavy (non-hydrogen) atoms. The van der Waals surface area contributed by atoms with Gasteiger partial charge in [0.15, 0.2) is 0 Å². The summed E-state index contributed by atoms with van der Waals surface area (Å²) in [6.07, 6.45) is 0. The number of carbonyl (C=O) groups is 1. The van der Waals surface area contributed by atoms with Gasteiger partial charge in [0.2, 0.25) is 0 Å². The van der Waals surface area contributed by atoms with Crippen molar-refractivity contribution in [3.05, 3.63) is 53.6 Å². The lowest BCUT2D eigenvalue weighted by atomic mass is 10.1. The van der Waals surface area contributed by atoms with Crippen LogP contribution in [0.1, 0.15) is 22.8 Å². The third kappa shape index (κ3) is 3.09. The zero-order chi connectivity index (χ0) is 14.5. The quantitative estimate of drug-likeness (QED) is 0.896. The average Bonchev–Trinajstić information content (AvgIpc) is 2.42. The highest BCUT2D eigenvalue weighted by atomic mass is 16.5. The minimum atomic E-state index is -0.257. The molecule has 4 nitrogen and oxygen atoms in total. The number of nitrogens with one attached hydrogen (secondary N) is 1. The second-order valence-corrected chi connectivity index (χ2v) is 4.36.